The van der Waals surface area contributed by atoms with Gasteiger partial charge < -0.3 is 4.74 Å². The average molecular weight is 276 g/mol. The van der Waals surface area contributed by atoms with E-state index in [1.165, 1.54) is 23.6 Å². The molecule has 2 amide bonds. The van der Waals surface area contributed by atoms with Gasteiger partial charge in [0.25, 0.3) is 5.91 Å². The van der Waals surface area contributed by atoms with Gasteiger partial charge in [-0.2, -0.15) is 0 Å². The lowest BCUT2D eigenvalue weighted by Crippen LogP contribution is -2.44. The Morgan fingerprint density at radius 1 is 1.47 bits per heavy atom. The van der Waals surface area contributed by atoms with Gasteiger partial charge in [0.15, 0.2) is 0 Å². The van der Waals surface area contributed by atoms with Crippen molar-refractivity contribution in [2.24, 2.45) is 4.99 Å². The molecule has 0 saturated carbocycles. The van der Waals surface area contributed by atoms with Crippen LogP contribution in [0, 0.1) is 0 Å². The summed E-state index contributed by atoms with van der Waals surface area (Å²) < 4.78 is 5.75. The number of fused-ring (bicyclic) bond motifs is 2. The molecule has 0 saturated heterocycles. The number of thioether (sulfide) groups is 1. The Morgan fingerprint density at radius 3 is 2.84 bits per heavy atom. The highest BCUT2D eigenvalue weighted by atomic mass is 32.2. The third-order valence-corrected chi connectivity index (χ3v) is 3.87. The van der Waals surface area contributed by atoms with Crippen LogP contribution in [0.2, 0.25) is 0 Å². The van der Waals surface area contributed by atoms with Crippen molar-refractivity contribution in [3.8, 4) is 0 Å². The maximum atomic E-state index is 12.6. The first-order valence-corrected chi connectivity index (χ1v) is 7.05. The number of amides is 2. The number of rotatable bonds is 0. The van der Waals surface area contributed by atoms with E-state index >= 15 is 0 Å². The maximum absolute atomic E-state index is 12.6. The number of carbonyl (C=O) groups excluding carboxylic acids is 2. The topological polar surface area (TPSA) is 59.0 Å². The first-order valence-electron chi connectivity index (χ1n) is 5.82. The van der Waals surface area contributed by atoms with Crippen molar-refractivity contribution in [2.45, 2.75) is 12.5 Å². The predicted octanol–water partition coefficient (Wildman–Crippen LogP) is 1.52. The van der Waals surface area contributed by atoms with Crippen molar-refractivity contribution in [1.29, 1.82) is 0 Å². The van der Waals surface area contributed by atoms with E-state index in [1.54, 1.807) is 12.1 Å². The lowest BCUT2D eigenvalue weighted by atomic mass is 9.96. The van der Waals surface area contributed by atoms with E-state index in [2.05, 4.69) is 4.99 Å². The molecule has 98 valence electrons. The average Bonchev–Trinajstić information content (AvgIpc) is 2.93. The van der Waals surface area contributed by atoms with Gasteiger partial charge in [0, 0.05) is 12.5 Å². The second kappa shape index (κ2) is 4.09. The van der Waals surface area contributed by atoms with Gasteiger partial charge in [-0.1, -0.05) is 30.0 Å². The minimum atomic E-state index is -1.15. The normalized spacial score (nSPS) is 24.4. The summed E-state index contributed by atoms with van der Waals surface area (Å²) >= 11 is 1.35. The van der Waals surface area contributed by atoms with E-state index in [-0.39, 0.29) is 18.4 Å². The summed E-state index contributed by atoms with van der Waals surface area (Å²) in [5.41, 5.74) is 0.154. The van der Waals surface area contributed by atoms with Crippen LogP contribution in [0.15, 0.2) is 29.3 Å². The van der Waals surface area contributed by atoms with Gasteiger partial charge in [0.1, 0.15) is 0 Å². The first-order chi connectivity index (χ1) is 9.10. The molecule has 5 nitrogen and oxygen atoms in total. The molecule has 1 atom stereocenters. The van der Waals surface area contributed by atoms with Gasteiger partial charge in [-0.25, -0.2) is 9.89 Å². The minimum absolute atomic E-state index is 0.225. The number of anilines is 1. The van der Waals surface area contributed by atoms with Crippen molar-refractivity contribution in [1.82, 2.24) is 0 Å². The number of ether oxygens (including phenoxy) is 1. The Hall–Kier alpha value is -1.82. The highest BCUT2D eigenvalue weighted by molar-refractivity contribution is 8.12. The van der Waals surface area contributed by atoms with Crippen molar-refractivity contribution >= 4 is 34.5 Å². The van der Waals surface area contributed by atoms with Gasteiger partial charge >= 0.3 is 0 Å². The zero-order valence-corrected chi connectivity index (χ0v) is 11.4. The fraction of sp³-hybridized carbons (Fsp3) is 0.308. The number of benzene rings is 1. The summed E-state index contributed by atoms with van der Waals surface area (Å²) in [6.07, 6.45) is 1.84. The van der Waals surface area contributed by atoms with E-state index in [9.17, 15) is 9.59 Å². The Balaban J connectivity index is 2.14. The molecule has 0 N–H and O–H groups in total. The summed E-state index contributed by atoms with van der Waals surface area (Å²) in [6, 6.07) is 7.20. The molecule has 1 spiro atoms. The van der Waals surface area contributed by atoms with Gasteiger partial charge in [-0.15, -0.1) is 0 Å². The summed E-state index contributed by atoms with van der Waals surface area (Å²) in [4.78, 5) is 29.7. The summed E-state index contributed by atoms with van der Waals surface area (Å²) in [7, 11) is 0. The van der Waals surface area contributed by atoms with E-state index in [0.29, 0.717) is 16.5 Å². The van der Waals surface area contributed by atoms with Gasteiger partial charge in [-0.05, 0) is 12.3 Å². The molecule has 2 heterocycles. The molecule has 0 bridgehead atoms. The predicted molar refractivity (Wildman–Crippen MR) is 73.2 cm³/mol. The molecule has 0 fully saturated rings. The Labute approximate surface area is 114 Å². The molecule has 3 rings (SSSR count). The third kappa shape index (κ3) is 1.53. The van der Waals surface area contributed by atoms with E-state index in [1.807, 2.05) is 18.4 Å². The van der Waals surface area contributed by atoms with E-state index in [0.717, 1.165) is 0 Å². The third-order valence-electron chi connectivity index (χ3n) is 3.31. The molecule has 19 heavy (non-hydrogen) atoms. The van der Waals surface area contributed by atoms with Crippen LogP contribution in [-0.2, 0) is 19.9 Å². The molecule has 0 aromatic heterocycles. The molecular formula is C13H12N2O3S. The molecule has 2 aliphatic heterocycles. The molecule has 1 unspecified atom stereocenters. The molecule has 6 heteroatoms. The van der Waals surface area contributed by atoms with Crippen LogP contribution >= 0.6 is 11.8 Å². The summed E-state index contributed by atoms with van der Waals surface area (Å²) in [5, 5.41) is 0.480. The summed E-state index contributed by atoms with van der Waals surface area (Å²) in [5.74, 6) is -0.662. The smallest absolute Gasteiger partial charge is 0.284 e. The van der Waals surface area contributed by atoms with Crippen molar-refractivity contribution in [2.75, 3.05) is 17.7 Å². The number of aliphatic imine (C=N–C) groups is 1. The van der Waals surface area contributed by atoms with E-state index in [4.69, 9.17) is 4.74 Å². The molecule has 0 radical (unpaired) electrons. The molecule has 1 aromatic carbocycles. The number of hydrogen-bond donors (Lipinski definition) is 0. The standard InChI is InChI=1S/C13H12N2O3S/c1-8(16)15-10-6-4-3-5-9(10)13(11(15)17)7-14-12(18-13)19-2/h3-6H,7H2,1-2H3. The largest absolute Gasteiger partial charge is 0.449 e. The number of para-hydroxylation sites is 1. The Kier molecular flexibility index (Phi) is 2.63. The molecule has 1 aromatic rings. The van der Waals surface area contributed by atoms with Gasteiger partial charge in [0.2, 0.25) is 16.7 Å². The lowest BCUT2D eigenvalue weighted by molar-refractivity contribution is -0.135. The van der Waals surface area contributed by atoms with Crippen LogP contribution in [-0.4, -0.2) is 29.8 Å². The molecule has 0 aliphatic carbocycles. The van der Waals surface area contributed by atoms with Crippen LogP contribution in [0.5, 0.6) is 0 Å². The fourth-order valence-electron chi connectivity index (χ4n) is 2.48. The quantitative estimate of drug-likeness (QED) is 0.721. The lowest BCUT2D eigenvalue weighted by Gasteiger charge is -2.21. The van der Waals surface area contributed by atoms with Crippen LogP contribution < -0.4 is 4.90 Å². The summed E-state index contributed by atoms with van der Waals surface area (Å²) in [6.45, 7) is 1.60. The first kappa shape index (κ1) is 12.2. The monoisotopic (exact) mass is 276 g/mol. The van der Waals surface area contributed by atoms with Crippen LogP contribution in [0.3, 0.4) is 0 Å². The highest BCUT2D eigenvalue weighted by Gasteiger charge is 2.57. The SMILES string of the molecule is CSC1=NCC2(O1)C(=O)N(C(C)=O)c1ccccc12. The van der Waals surface area contributed by atoms with Gasteiger partial charge in [-0.3, -0.25) is 9.59 Å². The minimum Gasteiger partial charge on any atom is -0.449 e. The number of hydrogen-bond acceptors (Lipinski definition) is 5. The maximum Gasteiger partial charge on any atom is 0.284 e. The number of imide groups is 1. The second-order valence-corrected chi connectivity index (χ2v) is 5.15. The van der Waals surface area contributed by atoms with Crippen molar-refractivity contribution < 1.29 is 14.3 Å². The Bertz CT molecular complexity index is 614. The second-order valence-electron chi connectivity index (χ2n) is 4.39. The fourth-order valence-corrected chi connectivity index (χ4v) is 2.89. The highest BCUT2D eigenvalue weighted by Crippen LogP contribution is 2.45. The molecule has 2 aliphatic rings. The Morgan fingerprint density at radius 2 is 2.21 bits per heavy atom. The van der Waals surface area contributed by atoms with E-state index < -0.39 is 5.60 Å². The van der Waals surface area contributed by atoms with Crippen LogP contribution in [0.25, 0.3) is 0 Å². The van der Waals surface area contributed by atoms with Crippen LogP contribution in [0.1, 0.15) is 12.5 Å². The zero-order valence-electron chi connectivity index (χ0n) is 10.5. The van der Waals surface area contributed by atoms with Crippen molar-refractivity contribution in [3.05, 3.63) is 29.8 Å². The zero-order chi connectivity index (χ0) is 13.6. The molecular weight excluding hydrogens is 264 g/mol. The van der Waals surface area contributed by atoms with Crippen LogP contribution in [0.4, 0.5) is 5.69 Å². The number of carbonyl (C=O) groups is 2. The van der Waals surface area contributed by atoms with Crippen molar-refractivity contribution in [3.63, 3.8) is 0 Å². The van der Waals surface area contributed by atoms with Gasteiger partial charge in [0.05, 0.1) is 12.2 Å². The number of nitrogens with zero attached hydrogens (tertiary/aromatic N) is 2.